The van der Waals surface area contributed by atoms with E-state index in [-0.39, 0.29) is 24.9 Å². The van der Waals surface area contributed by atoms with Crippen molar-refractivity contribution in [2.75, 3.05) is 13.7 Å². The number of ether oxygens (including phenoxy) is 2. The standard InChI is InChI=1S/C10H12FNO2/c1-13-10(12)7-14-6-8-3-2-4-9(11)5-8/h2-5,12H,6-7H2,1H3. The third-order valence-electron chi connectivity index (χ3n) is 1.64. The van der Waals surface area contributed by atoms with Gasteiger partial charge in [-0.05, 0) is 17.7 Å². The lowest BCUT2D eigenvalue weighted by Gasteiger charge is -2.04. The van der Waals surface area contributed by atoms with Gasteiger partial charge in [-0.15, -0.1) is 0 Å². The van der Waals surface area contributed by atoms with Gasteiger partial charge in [-0.25, -0.2) is 4.39 Å². The van der Waals surface area contributed by atoms with Crippen molar-refractivity contribution in [2.24, 2.45) is 0 Å². The van der Waals surface area contributed by atoms with E-state index in [0.29, 0.717) is 0 Å². The van der Waals surface area contributed by atoms with Crippen molar-refractivity contribution in [3.63, 3.8) is 0 Å². The highest BCUT2D eigenvalue weighted by Crippen LogP contribution is 2.04. The zero-order valence-corrected chi connectivity index (χ0v) is 7.92. The highest BCUT2D eigenvalue weighted by Gasteiger charge is 1.97. The molecule has 0 spiro atoms. The lowest BCUT2D eigenvalue weighted by Crippen LogP contribution is -2.09. The van der Waals surface area contributed by atoms with Crippen LogP contribution in [0, 0.1) is 11.2 Å². The van der Waals surface area contributed by atoms with Crippen LogP contribution < -0.4 is 0 Å². The van der Waals surface area contributed by atoms with Crippen LogP contribution in [0.25, 0.3) is 0 Å². The van der Waals surface area contributed by atoms with Gasteiger partial charge >= 0.3 is 0 Å². The van der Waals surface area contributed by atoms with Crippen molar-refractivity contribution < 1.29 is 13.9 Å². The first kappa shape index (κ1) is 10.7. The zero-order chi connectivity index (χ0) is 10.4. The lowest BCUT2D eigenvalue weighted by molar-refractivity contribution is 0.142. The van der Waals surface area contributed by atoms with Crippen LogP contribution in [-0.2, 0) is 16.1 Å². The van der Waals surface area contributed by atoms with E-state index < -0.39 is 0 Å². The summed E-state index contributed by atoms with van der Waals surface area (Å²) in [4.78, 5) is 0. The van der Waals surface area contributed by atoms with Crippen LogP contribution in [0.5, 0.6) is 0 Å². The maximum atomic E-state index is 12.7. The Morgan fingerprint density at radius 1 is 1.50 bits per heavy atom. The van der Waals surface area contributed by atoms with E-state index >= 15 is 0 Å². The highest BCUT2D eigenvalue weighted by molar-refractivity contribution is 5.73. The molecule has 1 rings (SSSR count). The molecular weight excluding hydrogens is 185 g/mol. The van der Waals surface area contributed by atoms with Crippen molar-refractivity contribution >= 4 is 5.90 Å². The molecule has 0 aromatic heterocycles. The smallest absolute Gasteiger partial charge is 0.206 e. The Morgan fingerprint density at radius 3 is 2.93 bits per heavy atom. The molecule has 0 amide bonds. The quantitative estimate of drug-likeness (QED) is 0.592. The number of methoxy groups -OCH3 is 1. The van der Waals surface area contributed by atoms with Gasteiger partial charge in [-0.1, -0.05) is 12.1 Å². The van der Waals surface area contributed by atoms with E-state index in [9.17, 15) is 4.39 Å². The molecule has 1 aromatic carbocycles. The van der Waals surface area contributed by atoms with Crippen molar-refractivity contribution in [1.82, 2.24) is 0 Å². The van der Waals surface area contributed by atoms with Gasteiger partial charge in [-0.3, -0.25) is 5.41 Å². The van der Waals surface area contributed by atoms with Crippen LogP contribution in [0.15, 0.2) is 24.3 Å². The molecule has 0 heterocycles. The fraction of sp³-hybridized carbons (Fsp3) is 0.300. The van der Waals surface area contributed by atoms with Crippen LogP contribution >= 0.6 is 0 Å². The summed E-state index contributed by atoms with van der Waals surface area (Å²) in [6.07, 6.45) is 0. The van der Waals surface area contributed by atoms with E-state index in [1.165, 1.54) is 19.2 Å². The van der Waals surface area contributed by atoms with E-state index in [4.69, 9.17) is 10.1 Å². The summed E-state index contributed by atoms with van der Waals surface area (Å²) < 4.78 is 22.4. The second-order valence-corrected chi connectivity index (χ2v) is 2.75. The molecule has 1 N–H and O–H groups in total. The maximum Gasteiger partial charge on any atom is 0.206 e. The molecule has 0 unspecified atom stereocenters. The number of benzene rings is 1. The summed E-state index contributed by atoms with van der Waals surface area (Å²) in [7, 11) is 1.41. The van der Waals surface area contributed by atoms with Crippen LogP contribution in [0.1, 0.15) is 5.56 Å². The molecule has 0 bridgehead atoms. The monoisotopic (exact) mass is 197 g/mol. The predicted molar refractivity (Wildman–Crippen MR) is 50.8 cm³/mol. The normalized spacial score (nSPS) is 9.86. The van der Waals surface area contributed by atoms with Gasteiger partial charge in [0.25, 0.3) is 0 Å². The van der Waals surface area contributed by atoms with Crippen LogP contribution in [-0.4, -0.2) is 19.6 Å². The van der Waals surface area contributed by atoms with Gasteiger partial charge < -0.3 is 9.47 Å². The molecule has 76 valence electrons. The second-order valence-electron chi connectivity index (χ2n) is 2.75. The Bertz CT molecular complexity index is 315. The topological polar surface area (TPSA) is 42.3 Å². The average molecular weight is 197 g/mol. The van der Waals surface area contributed by atoms with Gasteiger partial charge in [0, 0.05) is 0 Å². The maximum absolute atomic E-state index is 12.7. The number of nitrogens with one attached hydrogen (secondary N) is 1. The van der Waals surface area contributed by atoms with E-state index in [1.807, 2.05) is 0 Å². The van der Waals surface area contributed by atoms with Gasteiger partial charge in [0.1, 0.15) is 12.4 Å². The molecule has 0 saturated carbocycles. The number of rotatable bonds is 4. The average Bonchev–Trinajstić information content (AvgIpc) is 2.17. The van der Waals surface area contributed by atoms with Crippen molar-refractivity contribution in [3.8, 4) is 0 Å². The van der Waals surface area contributed by atoms with E-state index in [0.717, 1.165) is 5.56 Å². The molecule has 3 nitrogen and oxygen atoms in total. The fourth-order valence-electron chi connectivity index (χ4n) is 0.947. The van der Waals surface area contributed by atoms with Gasteiger partial charge in [-0.2, -0.15) is 0 Å². The van der Waals surface area contributed by atoms with E-state index in [2.05, 4.69) is 4.74 Å². The summed E-state index contributed by atoms with van der Waals surface area (Å²) in [5.74, 6) is -0.227. The number of halogens is 1. The number of hydrogen-bond donors (Lipinski definition) is 1. The molecule has 4 heteroatoms. The van der Waals surface area contributed by atoms with Gasteiger partial charge in [0.15, 0.2) is 0 Å². The van der Waals surface area contributed by atoms with Crippen molar-refractivity contribution in [1.29, 1.82) is 5.41 Å². The van der Waals surface area contributed by atoms with Gasteiger partial charge in [0.05, 0.1) is 13.7 Å². The first-order valence-electron chi connectivity index (χ1n) is 4.16. The van der Waals surface area contributed by atoms with Crippen molar-refractivity contribution in [3.05, 3.63) is 35.6 Å². The van der Waals surface area contributed by atoms with Crippen LogP contribution in [0.3, 0.4) is 0 Å². The van der Waals surface area contributed by atoms with Crippen molar-refractivity contribution in [2.45, 2.75) is 6.61 Å². The summed E-state index contributed by atoms with van der Waals surface area (Å²) in [6.45, 7) is 0.385. The first-order valence-corrected chi connectivity index (χ1v) is 4.16. The minimum absolute atomic E-state index is 0.0569. The van der Waals surface area contributed by atoms with Crippen LogP contribution in [0.2, 0.25) is 0 Å². The Morgan fingerprint density at radius 2 is 2.29 bits per heavy atom. The first-order chi connectivity index (χ1) is 6.72. The molecule has 1 aromatic rings. The molecule has 14 heavy (non-hydrogen) atoms. The molecule has 0 atom stereocenters. The molecule has 0 aliphatic heterocycles. The largest absolute Gasteiger partial charge is 0.483 e. The molecule has 0 aliphatic rings. The Labute approximate surface area is 82.0 Å². The fourth-order valence-corrected chi connectivity index (χ4v) is 0.947. The van der Waals surface area contributed by atoms with E-state index in [1.54, 1.807) is 12.1 Å². The molecular formula is C10H12FNO2. The summed E-state index contributed by atoms with van der Waals surface area (Å²) in [5.41, 5.74) is 0.744. The SMILES string of the molecule is COC(=N)COCc1cccc(F)c1. The second kappa shape index (κ2) is 5.34. The summed E-state index contributed by atoms with van der Waals surface area (Å²) in [5, 5.41) is 7.12. The summed E-state index contributed by atoms with van der Waals surface area (Å²) >= 11 is 0. The molecule has 0 aliphatic carbocycles. The highest BCUT2D eigenvalue weighted by atomic mass is 19.1. The zero-order valence-electron chi connectivity index (χ0n) is 7.92. The minimum Gasteiger partial charge on any atom is -0.483 e. The minimum atomic E-state index is -0.284. The number of hydrogen-bond acceptors (Lipinski definition) is 3. The van der Waals surface area contributed by atoms with Crippen LogP contribution in [0.4, 0.5) is 4.39 Å². The third kappa shape index (κ3) is 3.53. The molecule has 0 fully saturated rings. The third-order valence-corrected chi connectivity index (χ3v) is 1.64. The molecule has 0 saturated heterocycles. The predicted octanol–water partition coefficient (Wildman–Crippen LogP) is 1.97. The Hall–Kier alpha value is -1.42. The Balaban J connectivity index is 2.35. The Kier molecular flexibility index (Phi) is 4.07. The lowest BCUT2D eigenvalue weighted by atomic mass is 10.2. The van der Waals surface area contributed by atoms with Gasteiger partial charge in [0.2, 0.25) is 5.90 Å². The summed E-state index contributed by atoms with van der Waals surface area (Å²) in [6, 6.07) is 6.16. The molecule has 0 radical (unpaired) electrons.